The predicted octanol–water partition coefficient (Wildman–Crippen LogP) is 3.50. The number of carbonyl (C=O) groups is 1. The third kappa shape index (κ3) is 3.43. The van der Waals surface area contributed by atoms with Gasteiger partial charge in [0.05, 0.1) is 23.7 Å². The Hall–Kier alpha value is -4.26. The van der Waals surface area contributed by atoms with E-state index in [-0.39, 0.29) is 58.8 Å². The summed E-state index contributed by atoms with van der Waals surface area (Å²) >= 11 is 0. The van der Waals surface area contributed by atoms with Crippen molar-refractivity contribution < 1.29 is 28.7 Å². The van der Waals surface area contributed by atoms with Crippen LogP contribution in [0.2, 0.25) is 0 Å². The molecule has 1 aliphatic heterocycles. The van der Waals surface area contributed by atoms with E-state index in [2.05, 4.69) is 0 Å². The number of phenolic OH excluding ortho intramolecular Hbond substituents is 1. The molecule has 0 spiro atoms. The number of nitro groups is 1. The van der Waals surface area contributed by atoms with Gasteiger partial charge in [-0.2, -0.15) is 5.26 Å². The van der Waals surface area contributed by atoms with Crippen molar-refractivity contribution >= 4 is 11.5 Å². The highest BCUT2D eigenvalue weighted by Gasteiger charge is 2.42. The summed E-state index contributed by atoms with van der Waals surface area (Å²) in [4.78, 5) is 24.0. The third-order valence-electron chi connectivity index (χ3n) is 5.51. The molecule has 0 radical (unpaired) electrons. The van der Waals surface area contributed by atoms with Gasteiger partial charge in [-0.3, -0.25) is 14.9 Å². The summed E-state index contributed by atoms with van der Waals surface area (Å²) in [6.07, 6.45) is 1.94. The summed E-state index contributed by atoms with van der Waals surface area (Å²) < 4.78 is 16.4. The molecule has 0 saturated carbocycles. The Morgan fingerprint density at radius 1 is 1.41 bits per heavy atom. The summed E-state index contributed by atoms with van der Waals surface area (Å²) in [5, 5.41) is 31.5. The molecule has 10 heteroatoms. The fourth-order valence-corrected chi connectivity index (χ4v) is 4.15. The first kappa shape index (κ1) is 21.0. The minimum absolute atomic E-state index is 0.0454. The quantitative estimate of drug-likeness (QED) is 0.526. The van der Waals surface area contributed by atoms with Crippen LogP contribution in [0.1, 0.15) is 42.9 Å². The van der Waals surface area contributed by atoms with Gasteiger partial charge in [0.1, 0.15) is 23.2 Å². The Morgan fingerprint density at radius 2 is 2.19 bits per heavy atom. The fraction of sp³-hybridized carbons (Fsp3) is 0.273. The molecule has 0 amide bonds. The molecule has 0 bridgehead atoms. The number of aromatic hydroxyl groups is 1. The zero-order valence-corrected chi connectivity index (χ0v) is 17.0. The number of nitrogens with zero attached hydrogens (tertiary/aromatic N) is 2. The normalized spacial score (nSPS) is 20.4. The number of nitrogens with two attached hydrogens (primary N) is 1. The number of hydrogen-bond donors (Lipinski definition) is 2. The number of carbonyl (C=O) groups excluding carboxylic acids is 1. The minimum atomic E-state index is -0.993. The molecule has 4 rings (SSSR count). The number of ether oxygens (including phenoxy) is 2. The lowest BCUT2D eigenvalue weighted by Crippen LogP contribution is -2.29. The van der Waals surface area contributed by atoms with E-state index < -0.39 is 22.3 Å². The molecule has 3 N–H and O–H groups in total. The van der Waals surface area contributed by atoms with E-state index in [1.165, 1.54) is 12.3 Å². The number of Topliss-reactive ketones (excluding diaryl/α,β-unsaturated/α-hetero) is 1. The molecule has 1 aliphatic carbocycles. The van der Waals surface area contributed by atoms with Crippen molar-refractivity contribution in [3.05, 3.63) is 74.8 Å². The van der Waals surface area contributed by atoms with Crippen LogP contribution in [0.15, 0.2) is 57.7 Å². The van der Waals surface area contributed by atoms with Gasteiger partial charge in [0, 0.05) is 30.4 Å². The standard InChI is InChI=1S/C22H19N3O7/c1-2-30-18-9-12(6-14(21(18)27)25(28)29)19-13(10-23)22(24)32-17-8-11(7-15(26)20(17)19)16-4-3-5-31-16/h3-6,9,11,19,27H,2,7-8,24H2,1H3/t11-,19-/m0/s1. The number of hydrogen-bond acceptors (Lipinski definition) is 9. The lowest BCUT2D eigenvalue weighted by atomic mass is 9.74. The number of benzene rings is 1. The molecular weight excluding hydrogens is 418 g/mol. The number of nitriles is 1. The average molecular weight is 437 g/mol. The molecular formula is C22H19N3O7. The summed E-state index contributed by atoms with van der Waals surface area (Å²) in [7, 11) is 0. The lowest BCUT2D eigenvalue weighted by molar-refractivity contribution is -0.386. The molecule has 2 heterocycles. The molecule has 32 heavy (non-hydrogen) atoms. The molecule has 2 aliphatic rings. The second-order valence-electron chi connectivity index (χ2n) is 7.38. The van der Waals surface area contributed by atoms with Crippen molar-refractivity contribution in [2.75, 3.05) is 6.61 Å². The van der Waals surface area contributed by atoms with Crippen molar-refractivity contribution in [3.63, 3.8) is 0 Å². The largest absolute Gasteiger partial charge is 0.500 e. The molecule has 2 atom stereocenters. The van der Waals surface area contributed by atoms with Crippen LogP contribution in [-0.2, 0) is 9.53 Å². The number of allylic oxidation sites excluding steroid dienone is 3. The Morgan fingerprint density at radius 3 is 2.81 bits per heavy atom. The van der Waals surface area contributed by atoms with E-state index in [9.17, 15) is 25.3 Å². The first-order valence-corrected chi connectivity index (χ1v) is 9.87. The van der Waals surface area contributed by atoms with Gasteiger partial charge >= 0.3 is 5.69 Å². The molecule has 10 nitrogen and oxygen atoms in total. The Labute approximate surface area is 182 Å². The first-order chi connectivity index (χ1) is 15.3. The summed E-state index contributed by atoms with van der Waals surface area (Å²) in [6.45, 7) is 1.80. The predicted molar refractivity (Wildman–Crippen MR) is 109 cm³/mol. The van der Waals surface area contributed by atoms with Crippen LogP contribution in [0, 0.1) is 21.4 Å². The summed E-state index contributed by atoms with van der Waals surface area (Å²) in [5.74, 6) is -1.57. The van der Waals surface area contributed by atoms with Gasteiger partial charge in [0.2, 0.25) is 11.6 Å². The molecule has 0 fully saturated rings. The number of furan rings is 1. The van der Waals surface area contributed by atoms with E-state index in [0.29, 0.717) is 12.2 Å². The van der Waals surface area contributed by atoms with Crippen LogP contribution in [0.5, 0.6) is 11.5 Å². The molecule has 164 valence electrons. The van der Waals surface area contributed by atoms with Crippen molar-refractivity contribution in [2.45, 2.75) is 31.6 Å². The van der Waals surface area contributed by atoms with Crippen LogP contribution in [0.4, 0.5) is 5.69 Å². The van der Waals surface area contributed by atoms with E-state index in [4.69, 9.17) is 19.6 Å². The maximum Gasteiger partial charge on any atom is 0.314 e. The van der Waals surface area contributed by atoms with Crippen LogP contribution in [0.25, 0.3) is 0 Å². The summed E-state index contributed by atoms with van der Waals surface area (Å²) in [5.41, 5.74) is 5.79. The van der Waals surface area contributed by atoms with Gasteiger partial charge in [-0.25, -0.2) is 0 Å². The number of nitro benzene ring substituents is 1. The molecule has 0 saturated heterocycles. The third-order valence-corrected chi connectivity index (χ3v) is 5.51. The van der Waals surface area contributed by atoms with Crippen molar-refractivity contribution in [1.82, 2.24) is 0 Å². The average Bonchev–Trinajstić information content (AvgIpc) is 3.29. The van der Waals surface area contributed by atoms with Gasteiger partial charge in [0.15, 0.2) is 11.5 Å². The van der Waals surface area contributed by atoms with E-state index in [1.54, 1.807) is 19.1 Å². The van der Waals surface area contributed by atoms with Crippen LogP contribution >= 0.6 is 0 Å². The zero-order valence-electron chi connectivity index (χ0n) is 17.0. The van der Waals surface area contributed by atoms with Crippen LogP contribution < -0.4 is 10.5 Å². The van der Waals surface area contributed by atoms with Crippen LogP contribution in [-0.4, -0.2) is 22.4 Å². The second kappa shape index (κ2) is 8.11. The van der Waals surface area contributed by atoms with E-state index >= 15 is 0 Å². The summed E-state index contributed by atoms with van der Waals surface area (Å²) in [6, 6.07) is 7.95. The smallest absolute Gasteiger partial charge is 0.314 e. The minimum Gasteiger partial charge on any atom is -0.500 e. The molecule has 0 unspecified atom stereocenters. The molecule has 2 aromatic rings. The molecule has 1 aromatic heterocycles. The van der Waals surface area contributed by atoms with E-state index in [1.807, 2.05) is 6.07 Å². The highest BCUT2D eigenvalue weighted by atomic mass is 16.6. The Bertz CT molecular complexity index is 1200. The first-order valence-electron chi connectivity index (χ1n) is 9.87. The number of ketones is 1. The highest BCUT2D eigenvalue weighted by Crippen LogP contribution is 2.49. The maximum absolute atomic E-state index is 13.2. The zero-order chi connectivity index (χ0) is 23.0. The van der Waals surface area contributed by atoms with Crippen LogP contribution in [0.3, 0.4) is 0 Å². The highest BCUT2D eigenvalue weighted by molar-refractivity contribution is 6.00. The second-order valence-corrected chi connectivity index (χ2v) is 7.38. The van der Waals surface area contributed by atoms with Gasteiger partial charge in [-0.1, -0.05) is 0 Å². The van der Waals surface area contributed by atoms with E-state index in [0.717, 1.165) is 6.07 Å². The fourth-order valence-electron chi connectivity index (χ4n) is 4.15. The monoisotopic (exact) mass is 437 g/mol. The van der Waals surface area contributed by atoms with Gasteiger partial charge in [-0.15, -0.1) is 0 Å². The number of phenols is 1. The Balaban J connectivity index is 1.88. The maximum atomic E-state index is 13.2. The van der Waals surface area contributed by atoms with Crippen molar-refractivity contribution in [3.8, 4) is 17.6 Å². The van der Waals surface area contributed by atoms with Gasteiger partial charge in [0.25, 0.3) is 0 Å². The molecule has 1 aromatic carbocycles. The lowest BCUT2D eigenvalue weighted by Gasteiger charge is -2.33. The topological polar surface area (TPSA) is 162 Å². The van der Waals surface area contributed by atoms with Gasteiger partial charge in [-0.05, 0) is 30.7 Å². The SMILES string of the molecule is CCOc1cc([C@H]2C(C#N)=C(N)OC3=C2C(=O)C[C@H](c2ccco2)C3)cc([N+](=O)[O-])c1O. The van der Waals surface area contributed by atoms with Gasteiger partial charge < -0.3 is 24.7 Å². The number of rotatable bonds is 5. The van der Waals surface area contributed by atoms with Crippen molar-refractivity contribution in [2.24, 2.45) is 5.73 Å². The Kier molecular flexibility index (Phi) is 5.32. The van der Waals surface area contributed by atoms with Crippen molar-refractivity contribution in [1.29, 1.82) is 5.26 Å².